The van der Waals surface area contributed by atoms with Gasteiger partial charge in [0.15, 0.2) is 29.3 Å². The van der Waals surface area contributed by atoms with Crippen LogP contribution in [0.1, 0.15) is 48.5 Å². The van der Waals surface area contributed by atoms with Gasteiger partial charge in [-0.05, 0) is 72.1 Å². The summed E-state index contributed by atoms with van der Waals surface area (Å²) in [5.74, 6) is 0.661. The van der Waals surface area contributed by atoms with Crippen molar-refractivity contribution in [3.8, 4) is 11.5 Å². The number of carbonyl (C=O) groups excluding carboxylic acids is 1. The maximum atomic E-state index is 13.0. The van der Waals surface area contributed by atoms with Gasteiger partial charge in [0.2, 0.25) is 21.8 Å². The van der Waals surface area contributed by atoms with Crippen molar-refractivity contribution >= 4 is 44.7 Å². The lowest BCUT2D eigenvalue weighted by molar-refractivity contribution is -0.0384. The monoisotopic (exact) mass is 827 g/mol. The fourth-order valence-corrected chi connectivity index (χ4v) is 7.72. The largest absolute Gasteiger partial charge is 0.508 e. The number of nitrogens with zero attached hydrogens (tertiary/aromatic N) is 9. The quantitative estimate of drug-likeness (QED) is 0.0868. The number of primary sulfonamides is 1. The fourth-order valence-electron chi connectivity index (χ4n) is 7.17. The first-order valence-electron chi connectivity index (χ1n) is 18.7. The highest BCUT2D eigenvalue weighted by atomic mass is 32.2. The Morgan fingerprint density at radius 1 is 1.00 bits per heavy atom. The SMILES string of the molecule is CCn1nnc([C@H]2O[C@@H](n3cnc4c(NCC(c5ccc(O)cc5)c5ccc(O)cc5)nc(N5CC[C@@H](NC(=O)Nc6cccc(S(N)(=O)=O)c6)C5)nc43)[C@@H](O)[C@@H]2O)n1. The number of nitrogens with two attached hydrogens (primary N) is 1. The number of ether oxygens (including phenoxy) is 1. The van der Waals surface area contributed by atoms with Crippen LogP contribution in [-0.2, 0) is 21.3 Å². The molecule has 5 heterocycles. The topological polar surface area (TPSA) is 294 Å². The normalized spacial score (nSPS) is 20.7. The second kappa shape index (κ2) is 16.1. The van der Waals surface area contributed by atoms with Crippen LogP contribution in [0.15, 0.2) is 84.0 Å². The number of anilines is 3. The number of urea groups is 1. The number of rotatable bonds is 12. The highest BCUT2D eigenvalue weighted by Gasteiger charge is 2.47. The lowest BCUT2D eigenvalue weighted by atomic mass is 9.91. The summed E-state index contributed by atoms with van der Waals surface area (Å²) >= 11 is 0. The summed E-state index contributed by atoms with van der Waals surface area (Å²) < 4.78 is 31.3. The first-order valence-corrected chi connectivity index (χ1v) is 20.2. The van der Waals surface area contributed by atoms with Crippen molar-refractivity contribution in [3.63, 3.8) is 0 Å². The Bertz CT molecular complexity index is 2530. The Balaban J connectivity index is 1.09. The lowest BCUT2D eigenvalue weighted by Crippen LogP contribution is -2.40. The predicted molar refractivity (Wildman–Crippen MR) is 211 cm³/mol. The van der Waals surface area contributed by atoms with Crippen molar-refractivity contribution < 1.29 is 38.4 Å². The molecule has 0 unspecified atom stereocenters. The van der Waals surface area contributed by atoms with Crippen LogP contribution < -0.4 is 26.0 Å². The van der Waals surface area contributed by atoms with E-state index in [0.717, 1.165) is 11.1 Å². The van der Waals surface area contributed by atoms with Crippen molar-refractivity contribution in [2.75, 3.05) is 35.2 Å². The molecular formula is C37H41N13O8S. The number of hydrogen-bond donors (Lipinski definition) is 8. The first-order chi connectivity index (χ1) is 28.3. The predicted octanol–water partition coefficient (Wildman–Crippen LogP) is 1.53. The van der Waals surface area contributed by atoms with Crippen molar-refractivity contribution in [2.45, 2.75) is 61.3 Å². The standard InChI is InChI=1S/C37H41N13O8S/c1-2-50-46-33(45-47-50)31-29(53)30(54)35(58-31)49-19-40-28-32(39-17-27(20-6-10-24(51)11-7-20)21-8-12-25(52)13-9-21)43-36(44-34(28)49)48-15-14-23(18-48)42-37(55)41-22-4-3-5-26(16-22)59(38,56)57/h3-13,16,19,23,27,29-31,35,51-54H,2,14-15,17-18H2,1H3,(H2,38,56,57)(H,39,43,44)(H2,41,42,55)/t23-,29+,30+,31+,35-/m1/s1. The van der Waals surface area contributed by atoms with E-state index in [9.17, 15) is 33.6 Å². The molecular weight excluding hydrogens is 787 g/mol. The van der Waals surface area contributed by atoms with E-state index in [-0.39, 0.29) is 58.0 Å². The van der Waals surface area contributed by atoms with Crippen LogP contribution in [0.5, 0.6) is 11.5 Å². The molecule has 59 heavy (non-hydrogen) atoms. The Morgan fingerprint density at radius 3 is 2.37 bits per heavy atom. The van der Waals surface area contributed by atoms with Crippen LogP contribution in [0.4, 0.5) is 22.2 Å². The first kappa shape index (κ1) is 39.4. The van der Waals surface area contributed by atoms with Gasteiger partial charge in [-0.25, -0.2) is 23.3 Å². The molecule has 5 atom stereocenters. The van der Waals surface area contributed by atoms with Crippen molar-refractivity contribution in [1.82, 2.24) is 45.0 Å². The molecule has 2 amide bonds. The zero-order chi connectivity index (χ0) is 41.4. The van der Waals surface area contributed by atoms with Gasteiger partial charge in [-0.3, -0.25) is 4.57 Å². The third-order valence-electron chi connectivity index (χ3n) is 10.2. The number of aliphatic hydroxyl groups excluding tert-OH is 2. The molecule has 3 aromatic heterocycles. The fraction of sp³-hybridized carbons (Fsp3) is 0.324. The number of phenols is 2. The number of aryl methyl sites for hydroxylation is 1. The van der Waals surface area contributed by atoms with Crippen molar-refractivity contribution in [3.05, 3.63) is 96.1 Å². The van der Waals surface area contributed by atoms with Gasteiger partial charge < -0.3 is 46.0 Å². The second-order valence-electron chi connectivity index (χ2n) is 14.2. The second-order valence-corrected chi connectivity index (χ2v) is 15.7. The maximum absolute atomic E-state index is 13.0. The van der Waals surface area contributed by atoms with E-state index >= 15 is 0 Å². The number of tetrazole rings is 1. The molecule has 2 fully saturated rings. The van der Waals surface area contributed by atoms with E-state index in [1.165, 1.54) is 33.9 Å². The molecule has 6 aromatic rings. The van der Waals surface area contributed by atoms with E-state index in [1.54, 1.807) is 30.3 Å². The summed E-state index contributed by atoms with van der Waals surface area (Å²) in [5, 5.41) is 68.9. The van der Waals surface area contributed by atoms with Crippen molar-refractivity contribution in [2.24, 2.45) is 5.14 Å². The van der Waals surface area contributed by atoms with Crippen LogP contribution in [-0.4, -0.2) is 112 Å². The van der Waals surface area contributed by atoms with Gasteiger partial charge in [0.25, 0.3) is 0 Å². The maximum Gasteiger partial charge on any atom is 0.319 e. The average molecular weight is 828 g/mol. The van der Waals surface area contributed by atoms with Gasteiger partial charge in [0.05, 0.1) is 17.8 Å². The number of imidazole rings is 1. The number of aliphatic hydroxyl groups is 2. The van der Waals surface area contributed by atoms with E-state index < -0.39 is 40.6 Å². The molecule has 0 saturated carbocycles. The lowest BCUT2D eigenvalue weighted by Gasteiger charge is -2.22. The summed E-state index contributed by atoms with van der Waals surface area (Å²) in [6.07, 6.45) is -3.13. The summed E-state index contributed by atoms with van der Waals surface area (Å²) in [7, 11) is -3.97. The Hall–Kier alpha value is -6.46. The number of amides is 2. The van der Waals surface area contributed by atoms with Crippen molar-refractivity contribution in [1.29, 1.82) is 0 Å². The Kier molecular flexibility index (Phi) is 10.7. The molecule has 22 heteroatoms. The molecule has 0 bridgehead atoms. The number of phenolic OH excluding ortho intramolecular Hbond substituents is 2. The molecule has 0 spiro atoms. The molecule has 308 valence electrons. The van der Waals surface area contributed by atoms with E-state index in [2.05, 4.69) is 36.3 Å². The smallest absolute Gasteiger partial charge is 0.319 e. The van der Waals surface area contributed by atoms with Crippen LogP contribution in [0, 0.1) is 0 Å². The molecule has 8 rings (SSSR count). The van der Waals surface area contributed by atoms with Gasteiger partial charge in [-0.15, -0.1) is 10.2 Å². The highest BCUT2D eigenvalue weighted by Crippen LogP contribution is 2.39. The number of nitrogens with one attached hydrogen (secondary N) is 3. The van der Waals surface area contributed by atoms with E-state index in [4.69, 9.17) is 19.8 Å². The molecule has 2 aliphatic rings. The number of fused-ring (bicyclic) bond motifs is 1. The Labute approximate surface area is 336 Å². The molecule has 2 saturated heterocycles. The van der Waals surface area contributed by atoms with Gasteiger partial charge in [0, 0.05) is 37.3 Å². The van der Waals surface area contributed by atoms with Crippen LogP contribution in [0.25, 0.3) is 11.2 Å². The number of hydrogen-bond acceptors (Lipinski definition) is 16. The Morgan fingerprint density at radius 2 is 1.71 bits per heavy atom. The summed E-state index contributed by atoms with van der Waals surface area (Å²) in [6.45, 7) is 3.30. The van der Waals surface area contributed by atoms with Gasteiger partial charge >= 0.3 is 6.03 Å². The number of aromatic nitrogens is 8. The van der Waals surface area contributed by atoms with Crippen LogP contribution >= 0.6 is 0 Å². The number of sulfonamides is 1. The minimum atomic E-state index is -3.97. The van der Waals surface area contributed by atoms with Gasteiger partial charge in [-0.1, -0.05) is 30.3 Å². The minimum absolute atomic E-state index is 0.106. The number of carbonyl (C=O) groups is 1. The molecule has 21 nitrogen and oxygen atoms in total. The third-order valence-corrected chi connectivity index (χ3v) is 11.1. The zero-order valence-electron chi connectivity index (χ0n) is 31.4. The molecule has 0 radical (unpaired) electrons. The average Bonchev–Trinajstić information content (AvgIpc) is 4.03. The van der Waals surface area contributed by atoms with Gasteiger partial charge in [-0.2, -0.15) is 14.8 Å². The summed E-state index contributed by atoms with van der Waals surface area (Å²) in [6, 6.07) is 18.3. The highest BCUT2D eigenvalue weighted by molar-refractivity contribution is 7.89. The van der Waals surface area contributed by atoms with E-state index in [0.29, 0.717) is 37.4 Å². The molecule has 3 aromatic carbocycles. The summed E-state index contributed by atoms with van der Waals surface area (Å²) in [5.41, 5.74) is 2.60. The summed E-state index contributed by atoms with van der Waals surface area (Å²) in [4.78, 5) is 30.5. The number of aromatic hydroxyl groups is 2. The minimum Gasteiger partial charge on any atom is -0.508 e. The molecule has 2 aliphatic heterocycles. The number of benzene rings is 3. The van der Waals surface area contributed by atoms with Crippen LogP contribution in [0.3, 0.4) is 0 Å². The third kappa shape index (κ3) is 8.29. The zero-order valence-corrected chi connectivity index (χ0v) is 32.3. The van der Waals surface area contributed by atoms with E-state index in [1.807, 2.05) is 36.1 Å². The van der Waals surface area contributed by atoms with Gasteiger partial charge in [0.1, 0.15) is 23.7 Å². The molecule has 0 aliphatic carbocycles. The van der Waals surface area contributed by atoms with Crippen LogP contribution in [0.2, 0.25) is 0 Å². The molecule has 9 N–H and O–H groups in total.